The lowest BCUT2D eigenvalue weighted by Crippen LogP contribution is -2.14. The number of hydrogen-bond donors (Lipinski definition) is 1. The van der Waals surface area contributed by atoms with Gasteiger partial charge < -0.3 is 9.73 Å². The maximum absolute atomic E-state index is 14.1. The van der Waals surface area contributed by atoms with Crippen LogP contribution < -0.4 is 5.32 Å². The lowest BCUT2D eigenvalue weighted by Gasteiger charge is -2.10. The van der Waals surface area contributed by atoms with Gasteiger partial charge in [0.1, 0.15) is 11.5 Å². The molecule has 26 heavy (non-hydrogen) atoms. The standard InChI is InChI=1S/C20H12BrFN2O2/c21-12-7-8-17(15(22)10-12)24-20(25)14-11-18(19-6-3-9-26-19)23-16-5-2-1-4-13(14)16/h1-11H,(H,24,25). The van der Waals surface area contributed by atoms with E-state index >= 15 is 0 Å². The third kappa shape index (κ3) is 3.11. The number of nitrogens with one attached hydrogen (secondary N) is 1. The van der Waals surface area contributed by atoms with E-state index in [9.17, 15) is 9.18 Å². The Labute approximate surface area is 156 Å². The molecule has 0 radical (unpaired) electrons. The largest absolute Gasteiger partial charge is 0.463 e. The van der Waals surface area contributed by atoms with Crippen molar-refractivity contribution < 1.29 is 13.6 Å². The molecule has 128 valence electrons. The van der Waals surface area contributed by atoms with Crippen molar-refractivity contribution in [1.29, 1.82) is 0 Å². The monoisotopic (exact) mass is 410 g/mol. The number of para-hydroxylation sites is 1. The number of carbonyl (C=O) groups is 1. The molecule has 0 saturated heterocycles. The zero-order valence-electron chi connectivity index (χ0n) is 13.4. The van der Waals surface area contributed by atoms with Crippen LogP contribution in [-0.2, 0) is 0 Å². The fraction of sp³-hybridized carbons (Fsp3) is 0. The molecular weight excluding hydrogens is 399 g/mol. The zero-order valence-corrected chi connectivity index (χ0v) is 15.0. The quantitative estimate of drug-likeness (QED) is 0.474. The zero-order chi connectivity index (χ0) is 18.1. The van der Waals surface area contributed by atoms with E-state index in [1.807, 2.05) is 18.2 Å². The summed E-state index contributed by atoms with van der Waals surface area (Å²) >= 11 is 3.20. The highest BCUT2D eigenvalue weighted by atomic mass is 79.9. The Balaban J connectivity index is 1.80. The number of fused-ring (bicyclic) bond motifs is 1. The number of benzene rings is 2. The van der Waals surface area contributed by atoms with Crippen LogP contribution in [0.4, 0.5) is 10.1 Å². The number of rotatable bonds is 3. The maximum atomic E-state index is 14.1. The van der Waals surface area contributed by atoms with E-state index in [0.29, 0.717) is 32.4 Å². The lowest BCUT2D eigenvalue weighted by molar-refractivity contribution is 0.102. The van der Waals surface area contributed by atoms with Gasteiger partial charge in [0.2, 0.25) is 0 Å². The van der Waals surface area contributed by atoms with Gasteiger partial charge in [-0.3, -0.25) is 4.79 Å². The molecule has 2 heterocycles. The fourth-order valence-corrected chi connectivity index (χ4v) is 3.03. The maximum Gasteiger partial charge on any atom is 0.256 e. The molecule has 0 aliphatic rings. The van der Waals surface area contributed by atoms with Crippen molar-refractivity contribution in [3.63, 3.8) is 0 Å². The van der Waals surface area contributed by atoms with Gasteiger partial charge >= 0.3 is 0 Å². The predicted molar refractivity (Wildman–Crippen MR) is 101 cm³/mol. The molecule has 0 spiro atoms. The van der Waals surface area contributed by atoms with Crippen molar-refractivity contribution >= 4 is 38.4 Å². The van der Waals surface area contributed by atoms with Crippen molar-refractivity contribution in [3.05, 3.63) is 82.8 Å². The van der Waals surface area contributed by atoms with E-state index in [2.05, 4.69) is 26.2 Å². The normalized spacial score (nSPS) is 10.8. The van der Waals surface area contributed by atoms with Gasteiger partial charge in [0.15, 0.2) is 5.76 Å². The molecule has 4 rings (SSSR count). The molecule has 4 nitrogen and oxygen atoms in total. The minimum Gasteiger partial charge on any atom is -0.463 e. The van der Waals surface area contributed by atoms with Crippen LogP contribution in [0.15, 0.2) is 75.8 Å². The molecule has 0 aliphatic carbocycles. The average Bonchev–Trinajstić information content (AvgIpc) is 3.18. The third-order valence-electron chi connectivity index (χ3n) is 3.91. The van der Waals surface area contributed by atoms with Crippen LogP contribution in [0.2, 0.25) is 0 Å². The molecule has 2 aromatic heterocycles. The topological polar surface area (TPSA) is 55.1 Å². The fourth-order valence-electron chi connectivity index (χ4n) is 2.69. The first-order valence-corrected chi connectivity index (χ1v) is 8.61. The van der Waals surface area contributed by atoms with Crippen LogP contribution in [0.3, 0.4) is 0 Å². The molecule has 2 aromatic carbocycles. The van der Waals surface area contributed by atoms with Crippen LogP contribution >= 0.6 is 15.9 Å². The molecule has 1 amide bonds. The van der Waals surface area contributed by atoms with Crippen LogP contribution in [-0.4, -0.2) is 10.9 Å². The Bertz CT molecular complexity index is 1110. The third-order valence-corrected chi connectivity index (χ3v) is 4.41. The number of nitrogens with zero attached hydrogens (tertiary/aromatic N) is 1. The van der Waals surface area contributed by atoms with Crippen LogP contribution in [0, 0.1) is 5.82 Å². The van der Waals surface area contributed by atoms with Gasteiger partial charge in [-0.15, -0.1) is 0 Å². The molecule has 1 N–H and O–H groups in total. The summed E-state index contributed by atoms with van der Waals surface area (Å²) in [6.07, 6.45) is 1.54. The van der Waals surface area contributed by atoms with Crippen LogP contribution in [0.1, 0.15) is 10.4 Å². The summed E-state index contributed by atoms with van der Waals surface area (Å²) in [5.41, 5.74) is 1.70. The predicted octanol–water partition coefficient (Wildman–Crippen LogP) is 5.65. The molecule has 0 unspecified atom stereocenters. The van der Waals surface area contributed by atoms with Gasteiger partial charge in [0.25, 0.3) is 5.91 Å². The van der Waals surface area contributed by atoms with Crippen LogP contribution in [0.5, 0.6) is 0 Å². The average molecular weight is 411 g/mol. The molecule has 0 saturated carbocycles. The molecule has 4 aromatic rings. The van der Waals surface area contributed by atoms with Crippen molar-refractivity contribution in [1.82, 2.24) is 4.98 Å². The van der Waals surface area contributed by atoms with Crippen molar-refractivity contribution in [2.24, 2.45) is 0 Å². The van der Waals surface area contributed by atoms with Gasteiger partial charge in [0, 0.05) is 9.86 Å². The number of anilines is 1. The van der Waals surface area contributed by atoms with Gasteiger partial charge in [0.05, 0.1) is 23.0 Å². The Morgan fingerprint density at radius 1 is 1.08 bits per heavy atom. The molecule has 0 atom stereocenters. The van der Waals surface area contributed by atoms with Crippen molar-refractivity contribution in [2.45, 2.75) is 0 Å². The SMILES string of the molecule is O=C(Nc1ccc(Br)cc1F)c1cc(-c2ccco2)nc2ccccc12. The van der Waals surface area contributed by atoms with E-state index in [-0.39, 0.29) is 5.69 Å². The number of halogens is 2. The molecule has 0 aliphatic heterocycles. The van der Waals surface area contributed by atoms with E-state index in [1.54, 1.807) is 36.6 Å². The van der Waals surface area contributed by atoms with Gasteiger partial charge in [-0.2, -0.15) is 0 Å². The van der Waals surface area contributed by atoms with Gasteiger partial charge in [-0.05, 0) is 42.5 Å². The summed E-state index contributed by atoms with van der Waals surface area (Å²) in [5.74, 6) is -0.380. The summed E-state index contributed by atoms with van der Waals surface area (Å²) in [6, 6.07) is 16.9. The summed E-state index contributed by atoms with van der Waals surface area (Å²) in [7, 11) is 0. The molecule has 6 heteroatoms. The van der Waals surface area contributed by atoms with E-state index < -0.39 is 11.7 Å². The minimum atomic E-state index is -0.516. The molecular formula is C20H12BrFN2O2. The highest BCUT2D eigenvalue weighted by Crippen LogP contribution is 2.26. The first-order valence-electron chi connectivity index (χ1n) is 7.82. The molecule has 0 fully saturated rings. The van der Waals surface area contributed by atoms with Gasteiger partial charge in [-0.25, -0.2) is 9.37 Å². The molecule has 0 bridgehead atoms. The second-order valence-electron chi connectivity index (χ2n) is 5.63. The van der Waals surface area contributed by atoms with Crippen molar-refractivity contribution in [2.75, 3.05) is 5.32 Å². The Kier molecular flexibility index (Phi) is 4.26. The first-order chi connectivity index (χ1) is 12.6. The number of furan rings is 1. The summed E-state index contributed by atoms with van der Waals surface area (Å²) in [5, 5.41) is 3.30. The smallest absolute Gasteiger partial charge is 0.256 e. The van der Waals surface area contributed by atoms with E-state index in [0.717, 1.165) is 0 Å². The number of carbonyl (C=O) groups excluding carboxylic acids is 1. The number of aromatic nitrogens is 1. The van der Waals surface area contributed by atoms with Gasteiger partial charge in [-0.1, -0.05) is 34.1 Å². The second-order valence-corrected chi connectivity index (χ2v) is 6.54. The highest BCUT2D eigenvalue weighted by molar-refractivity contribution is 9.10. The van der Waals surface area contributed by atoms with E-state index in [4.69, 9.17) is 4.42 Å². The highest BCUT2D eigenvalue weighted by Gasteiger charge is 2.16. The number of pyridine rings is 1. The number of amides is 1. The summed E-state index contributed by atoms with van der Waals surface area (Å²) < 4.78 is 20.1. The Hall–Kier alpha value is -2.99. The second kappa shape index (κ2) is 6.72. The minimum absolute atomic E-state index is 0.110. The van der Waals surface area contributed by atoms with Crippen molar-refractivity contribution in [3.8, 4) is 11.5 Å². The Morgan fingerprint density at radius 2 is 1.92 bits per heavy atom. The Morgan fingerprint density at radius 3 is 2.69 bits per heavy atom. The summed E-state index contributed by atoms with van der Waals surface area (Å²) in [6.45, 7) is 0. The number of hydrogen-bond acceptors (Lipinski definition) is 3. The lowest BCUT2D eigenvalue weighted by atomic mass is 10.1. The van der Waals surface area contributed by atoms with E-state index in [1.165, 1.54) is 12.1 Å². The van der Waals surface area contributed by atoms with Crippen LogP contribution in [0.25, 0.3) is 22.4 Å². The first kappa shape index (κ1) is 16.5. The summed E-state index contributed by atoms with van der Waals surface area (Å²) in [4.78, 5) is 17.4.